The first-order valence-corrected chi connectivity index (χ1v) is 4.53. The minimum Gasteiger partial charge on any atom is -0.495 e. The molecule has 68 valence electrons. The minimum atomic E-state index is 0.719. The Morgan fingerprint density at radius 2 is 2.42 bits per heavy atom. The Hall–Kier alpha value is -0.920. The number of rotatable bonds is 4. The molecule has 12 heavy (non-hydrogen) atoms. The van der Waals surface area contributed by atoms with E-state index in [1.54, 1.807) is 6.26 Å². The highest BCUT2D eigenvalue weighted by Crippen LogP contribution is 2.08. The zero-order chi connectivity index (χ0) is 8.81. The predicted molar refractivity (Wildman–Crippen MR) is 50.7 cm³/mol. The summed E-state index contributed by atoms with van der Waals surface area (Å²) >= 11 is 0. The molecule has 0 spiro atoms. The van der Waals surface area contributed by atoms with Gasteiger partial charge < -0.3 is 9.64 Å². The molecule has 1 aliphatic rings. The average Bonchev–Trinajstić information content (AvgIpc) is 2.15. The van der Waals surface area contributed by atoms with Crippen LogP contribution >= 0.6 is 0 Å². The zero-order valence-electron chi connectivity index (χ0n) is 7.92. The van der Waals surface area contributed by atoms with Gasteiger partial charge in [-0.2, -0.15) is 0 Å². The fourth-order valence-corrected chi connectivity index (χ4v) is 1.16. The van der Waals surface area contributed by atoms with Crippen LogP contribution in [-0.4, -0.2) is 25.1 Å². The number of unbranched alkanes of at least 4 members (excludes halogenated alkanes) is 1. The van der Waals surface area contributed by atoms with Crippen LogP contribution in [0.1, 0.15) is 19.8 Å². The maximum Gasteiger partial charge on any atom is 0.127 e. The van der Waals surface area contributed by atoms with Gasteiger partial charge in [-0.25, -0.2) is 0 Å². The largest absolute Gasteiger partial charge is 0.495 e. The standard InChI is InChI=1S/C10H17NO/c1-3-4-7-11(2)10-6-5-8-12-9-10/h5-6,8H,3-4,7,9H2,1-2H3. The highest BCUT2D eigenvalue weighted by atomic mass is 16.5. The van der Waals surface area contributed by atoms with E-state index >= 15 is 0 Å². The molecular weight excluding hydrogens is 150 g/mol. The van der Waals surface area contributed by atoms with Crippen molar-refractivity contribution in [2.45, 2.75) is 19.8 Å². The summed E-state index contributed by atoms with van der Waals surface area (Å²) in [5.74, 6) is 0. The van der Waals surface area contributed by atoms with Crippen LogP contribution in [0.25, 0.3) is 0 Å². The molecule has 2 heteroatoms. The Bertz CT molecular complexity index is 184. The van der Waals surface area contributed by atoms with E-state index in [1.165, 1.54) is 18.5 Å². The topological polar surface area (TPSA) is 12.5 Å². The third kappa shape index (κ3) is 2.61. The summed E-state index contributed by atoms with van der Waals surface area (Å²) in [5.41, 5.74) is 1.27. The summed E-state index contributed by atoms with van der Waals surface area (Å²) in [5, 5.41) is 0. The molecule has 0 aromatic carbocycles. The zero-order valence-corrected chi connectivity index (χ0v) is 7.92. The first-order chi connectivity index (χ1) is 5.84. The fraction of sp³-hybridized carbons (Fsp3) is 0.600. The quantitative estimate of drug-likeness (QED) is 0.636. The number of allylic oxidation sites excluding steroid dienone is 2. The molecule has 1 rings (SSSR count). The number of ether oxygens (including phenoxy) is 1. The monoisotopic (exact) mass is 167 g/mol. The SMILES string of the molecule is CCCCN(C)C1=CC=COC1. The van der Waals surface area contributed by atoms with Gasteiger partial charge in [0, 0.05) is 13.6 Å². The van der Waals surface area contributed by atoms with Gasteiger partial charge in [0.1, 0.15) is 6.61 Å². The predicted octanol–water partition coefficient (Wildman–Crippen LogP) is 2.15. The summed E-state index contributed by atoms with van der Waals surface area (Å²) < 4.78 is 5.19. The summed E-state index contributed by atoms with van der Waals surface area (Å²) in [6.45, 7) is 4.05. The molecular formula is C10H17NO. The van der Waals surface area contributed by atoms with Crippen LogP contribution in [0.4, 0.5) is 0 Å². The molecule has 0 saturated carbocycles. The molecule has 0 aromatic rings. The highest BCUT2D eigenvalue weighted by molar-refractivity contribution is 5.13. The van der Waals surface area contributed by atoms with Crippen LogP contribution in [0.5, 0.6) is 0 Å². The van der Waals surface area contributed by atoms with E-state index in [4.69, 9.17) is 4.74 Å². The number of likely N-dealkylation sites (N-methyl/N-ethyl adjacent to an activating group) is 1. The van der Waals surface area contributed by atoms with Gasteiger partial charge in [-0.3, -0.25) is 0 Å². The molecule has 2 nitrogen and oxygen atoms in total. The van der Waals surface area contributed by atoms with E-state index in [0.717, 1.165) is 13.2 Å². The first-order valence-electron chi connectivity index (χ1n) is 4.53. The molecule has 1 aliphatic heterocycles. The van der Waals surface area contributed by atoms with Gasteiger partial charge in [0.25, 0.3) is 0 Å². The van der Waals surface area contributed by atoms with Crippen molar-refractivity contribution in [2.24, 2.45) is 0 Å². The van der Waals surface area contributed by atoms with Crippen LogP contribution in [0.2, 0.25) is 0 Å². The summed E-state index contributed by atoms with van der Waals surface area (Å²) in [4.78, 5) is 2.26. The molecule has 0 fully saturated rings. The van der Waals surface area contributed by atoms with Gasteiger partial charge in [0.05, 0.1) is 12.0 Å². The fourth-order valence-electron chi connectivity index (χ4n) is 1.16. The minimum absolute atomic E-state index is 0.719. The molecule has 0 unspecified atom stereocenters. The van der Waals surface area contributed by atoms with Crippen LogP contribution in [0.3, 0.4) is 0 Å². The Morgan fingerprint density at radius 3 is 3.00 bits per heavy atom. The molecule has 0 N–H and O–H groups in total. The molecule has 0 bridgehead atoms. The molecule has 0 saturated heterocycles. The molecule has 1 heterocycles. The van der Waals surface area contributed by atoms with E-state index in [1.807, 2.05) is 6.08 Å². The van der Waals surface area contributed by atoms with Gasteiger partial charge in [0.15, 0.2) is 0 Å². The van der Waals surface area contributed by atoms with Crippen molar-refractivity contribution in [3.8, 4) is 0 Å². The Balaban J connectivity index is 2.35. The van der Waals surface area contributed by atoms with Crippen LogP contribution in [-0.2, 0) is 4.74 Å². The van der Waals surface area contributed by atoms with Crippen LogP contribution in [0, 0.1) is 0 Å². The average molecular weight is 167 g/mol. The van der Waals surface area contributed by atoms with Gasteiger partial charge in [-0.05, 0) is 18.6 Å². The van der Waals surface area contributed by atoms with Gasteiger partial charge in [-0.15, -0.1) is 0 Å². The van der Waals surface area contributed by atoms with Gasteiger partial charge in [0.2, 0.25) is 0 Å². The Kier molecular flexibility index (Phi) is 3.71. The van der Waals surface area contributed by atoms with Gasteiger partial charge >= 0.3 is 0 Å². The molecule has 0 aromatic heterocycles. The first kappa shape index (κ1) is 9.17. The Morgan fingerprint density at radius 1 is 1.58 bits per heavy atom. The third-order valence-electron chi connectivity index (χ3n) is 2.03. The molecule has 0 atom stereocenters. The number of nitrogens with zero attached hydrogens (tertiary/aromatic N) is 1. The lowest BCUT2D eigenvalue weighted by atomic mass is 10.3. The van der Waals surface area contributed by atoms with Crippen molar-refractivity contribution in [3.05, 3.63) is 24.1 Å². The second kappa shape index (κ2) is 4.86. The molecule has 0 aliphatic carbocycles. The third-order valence-corrected chi connectivity index (χ3v) is 2.03. The lowest BCUT2D eigenvalue weighted by Gasteiger charge is -2.23. The Labute approximate surface area is 74.5 Å². The van der Waals surface area contributed by atoms with Crippen molar-refractivity contribution in [1.82, 2.24) is 4.90 Å². The van der Waals surface area contributed by atoms with Crippen molar-refractivity contribution in [1.29, 1.82) is 0 Å². The van der Waals surface area contributed by atoms with E-state index in [2.05, 4.69) is 24.9 Å². The van der Waals surface area contributed by atoms with Crippen LogP contribution < -0.4 is 0 Å². The summed E-state index contributed by atoms with van der Waals surface area (Å²) in [6, 6.07) is 0. The summed E-state index contributed by atoms with van der Waals surface area (Å²) in [7, 11) is 2.12. The number of hydrogen-bond acceptors (Lipinski definition) is 2. The number of hydrogen-bond donors (Lipinski definition) is 0. The van der Waals surface area contributed by atoms with E-state index in [9.17, 15) is 0 Å². The van der Waals surface area contributed by atoms with Gasteiger partial charge in [-0.1, -0.05) is 13.3 Å². The van der Waals surface area contributed by atoms with E-state index in [-0.39, 0.29) is 0 Å². The van der Waals surface area contributed by atoms with E-state index in [0.29, 0.717) is 0 Å². The van der Waals surface area contributed by atoms with Crippen molar-refractivity contribution in [2.75, 3.05) is 20.2 Å². The second-order valence-corrected chi connectivity index (χ2v) is 3.07. The smallest absolute Gasteiger partial charge is 0.127 e. The lowest BCUT2D eigenvalue weighted by Crippen LogP contribution is -2.22. The normalized spacial score (nSPS) is 15.3. The second-order valence-electron chi connectivity index (χ2n) is 3.07. The van der Waals surface area contributed by atoms with Crippen LogP contribution in [0.15, 0.2) is 24.1 Å². The molecule has 0 radical (unpaired) electrons. The van der Waals surface area contributed by atoms with Crippen molar-refractivity contribution < 1.29 is 4.74 Å². The van der Waals surface area contributed by atoms with Crippen molar-refractivity contribution in [3.63, 3.8) is 0 Å². The van der Waals surface area contributed by atoms with E-state index < -0.39 is 0 Å². The maximum atomic E-state index is 5.19. The van der Waals surface area contributed by atoms with Crippen molar-refractivity contribution >= 4 is 0 Å². The lowest BCUT2D eigenvalue weighted by molar-refractivity contribution is 0.233. The summed E-state index contributed by atoms with van der Waals surface area (Å²) in [6.07, 6.45) is 8.28. The molecule has 0 amide bonds. The maximum absolute atomic E-state index is 5.19. The highest BCUT2D eigenvalue weighted by Gasteiger charge is 2.04.